The maximum atomic E-state index is 12.6. The molecule has 2 aromatic carbocycles. The third-order valence-corrected chi connectivity index (χ3v) is 6.27. The second-order valence-corrected chi connectivity index (χ2v) is 8.79. The molecule has 2 aromatic rings. The number of carbonyl (C=O) groups excluding carboxylic acids is 2. The van der Waals surface area contributed by atoms with Gasteiger partial charge in [0, 0.05) is 24.9 Å². The number of carbonyl (C=O) groups is 3. The van der Waals surface area contributed by atoms with Crippen molar-refractivity contribution in [2.45, 2.75) is 57.9 Å². The van der Waals surface area contributed by atoms with E-state index in [1.807, 2.05) is 38.1 Å². The van der Waals surface area contributed by atoms with Gasteiger partial charge in [-0.05, 0) is 35.1 Å². The lowest BCUT2D eigenvalue weighted by Gasteiger charge is -2.20. The highest BCUT2D eigenvalue weighted by atomic mass is 16.5. The summed E-state index contributed by atoms with van der Waals surface area (Å²) in [7, 11) is 0. The highest BCUT2D eigenvalue weighted by Gasteiger charge is 2.29. The van der Waals surface area contributed by atoms with Crippen LogP contribution in [0.25, 0.3) is 11.1 Å². The summed E-state index contributed by atoms with van der Waals surface area (Å²) < 4.78 is 5.60. The lowest BCUT2D eigenvalue weighted by Crippen LogP contribution is -2.41. The highest BCUT2D eigenvalue weighted by molar-refractivity contribution is 5.80. The van der Waals surface area contributed by atoms with E-state index in [9.17, 15) is 19.5 Å². The minimum Gasteiger partial charge on any atom is -0.481 e. The van der Waals surface area contributed by atoms with Crippen LogP contribution in [0.15, 0.2) is 48.5 Å². The van der Waals surface area contributed by atoms with Crippen LogP contribution in [0.3, 0.4) is 0 Å². The molecule has 34 heavy (non-hydrogen) atoms. The maximum absolute atomic E-state index is 12.6. The molecule has 1 aliphatic rings. The molecule has 3 rings (SSSR count). The number of alkyl carbamates (subject to hydrolysis) is 1. The van der Waals surface area contributed by atoms with Crippen molar-refractivity contribution in [3.8, 4) is 11.1 Å². The van der Waals surface area contributed by atoms with Gasteiger partial charge in [0.15, 0.2) is 0 Å². The Morgan fingerprint density at radius 3 is 2.09 bits per heavy atom. The first-order chi connectivity index (χ1) is 16.4. The number of amides is 2. The smallest absolute Gasteiger partial charge is 0.407 e. The van der Waals surface area contributed by atoms with Gasteiger partial charge in [-0.3, -0.25) is 9.59 Å². The largest absolute Gasteiger partial charge is 0.481 e. The Morgan fingerprint density at radius 2 is 1.53 bits per heavy atom. The van der Waals surface area contributed by atoms with Crippen LogP contribution in [0.2, 0.25) is 0 Å². The Hall–Kier alpha value is -3.35. The number of fused-ring (bicyclic) bond motifs is 3. The van der Waals surface area contributed by atoms with E-state index in [1.54, 1.807) is 0 Å². The molecular formula is C27H34N2O5. The fraction of sp³-hybridized carbons (Fsp3) is 0.444. The second kappa shape index (κ2) is 12.2. The van der Waals surface area contributed by atoms with Gasteiger partial charge in [-0.25, -0.2) is 4.79 Å². The van der Waals surface area contributed by atoms with Gasteiger partial charge in [0.25, 0.3) is 0 Å². The van der Waals surface area contributed by atoms with Crippen LogP contribution < -0.4 is 10.6 Å². The number of aliphatic carboxylic acids is 1. The number of carboxylic acids is 1. The first-order valence-electron chi connectivity index (χ1n) is 12.1. The summed E-state index contributed by atoms with van der Waals surface area (Å²) in [5.41, 5.74) is 4.60. The minimum absolute atomic E-state index is 0.0300. The van der Waals surface area contributed by atoms with Gasteiger partial charge in [0.2, 0.25) is 5.91 Å². The zero-order chi connectivity index (χ0) is 24.5. The van der Waals surface area contributed by atoms with Crippen LogP contribution in [-0.4, -0.2) is 42.3 Å². The van der Waals surface area contributed by atoms with Gasteiger partial charge < -0.3 is 20.5 Å². The predicted octanol–water partition coefficient (Wildman–Crippen LogP) is 4.70. The van der Waals surface area contributed by atoms with Crippen LogP contribution in [0, 0.1) is 5.92 Å². The molecule has 2 amide bonds. The Balaban J connectivity index is 1.54. The molecule has 1 aliphatic carbocycles. The minimum atomic E-state index is -0.913. The average molecular weight is 467 g/mol. The summed E-state index contributed by atoms with van der Waals surface area (Å²) in [4.78, 5) is 36.3. The monoisotopic (exact) mass is 466 g/mol. The van der Waals surface area contributed by atoms with Crippen LogP contribution in [0.4, 0.5) is 4.79 Å². The standard InChI is InChI=1S/C27H34N2O5/c1-3-9-18(26(31)32)16-28-25(30)15-19(10-4-2)29-27(33)34-17-24-22-13-7-5-11-20(22)21-12-6-8-14-23(21)24/h5-8,11-14,18-19,24H,3-4,9-10,15-17H2,1-2H3,(H,28,30)(H,29,33)(H,31,32). The molecule has 7 heteroatoms. The molecule has 0 saturated heterocycles. The van der Waals surface area contributed by atoms with Gasteiger partial charge in [-0.1, -0.05) is 75.2 Å². The zero-order valence-electron chi connectivity index (χ0n) is 19.9. The Morgan fingerprint density at radius 1 is 0.941 bits per heavy atom. The van der Waals surface area contributed by atoms with Crippen molar-refractivity contribution in [1.82, 2.24) is 10.6 Å². The third-order valence-electron chi connectivity index (χ3n) is 6.27. The van der Waals surface area contributed by atoms with Crippen molar-refractivity contribution in [3.63, 3.8) is 0 Å². The highest BCUT2D eigenvalue weighted by Crippen LogP contribution is 2.44. The first kappa shape index (κ1) is 25.3. The summed E-state index contributed by atoms with van der Waals surface area (Å²) in [6.07, 6.45) is 2.17. The molecule has 0 radical (unpaired) electrons. The van der Waals surface area contributed by atoms with E-state index in [2.05, 4.69) is 34.9 Å². The van der Waals surface area contributed by atoms with E-state index >= 15 is 0 Å². The number of hydrogen-bond donors (Lipinski definition) is 3. The van der Waals surface area contributed by atoms with Crippen LogP contribution >= 0.6 is 0 Å². The van der Waals surface area contributed by atoms with Crippen LogP contribution in [0.1, 0.15) is 63.0 Å². The molecule has 0 saturated carbocycles. The fourth-order valence-corrected chi connectivity index (χ4v) is 4.57. The molecule has 182 valence electrons. The Bertz CT molecular complexity index is 961. The number of rotatable bonds is 12. The maximum Gasteiger partial charge on any atom is 0.407 e. The Kier molecular flexibility index (Phi) is 9.08. The van der Waals surface area contributed by atoms with Crippen LogP contribution in [0.5, 0.6) is 0 Å². The SMILES string of the molecule is CCCC(CC(=O)NCC(CCC)C(=O)O)NC(=O)OCC1c2ccccc2-c2ccccc21. The quantitative estimate of drug-likeness (QED) is 0.421. The zero-order valence-corrected chi connectivity index (χ0v) is 19.9. The van der Waals surface area contributed by atoms with E-state index < -0.39 is 18.0 Å². The molecule has 2 atom stereocenters. The number of benzene rings is 2. The molecule has 0 aromatic heterocycles. The topological polar surface area (TPSA) is 105 Å². The van der Waals surface area contributed by atoms with Gasteiger partial charge in [0.1, 0.15) is 6.61 Å². The van der Waals surface area contributed by atoms with E-state index in [-0.39, 0.29) is 37.4 Å². The lowest BCUT2D eigenvalue weighted by molar-refractivity contribution is -0.141. The normalized spacial score (nSPS) is 13.9. The summed E-state index contributed by atoms with van der Waals surface area (Å²) in [6, 6.07) is 15.9. The number of ether oxygens (including phenoxy) is 1. The molecule has 3 N–H and O–H groups in total. The summed E-state index contributed by atoms with van der Waals surface area (Å²) in [6.45, 7) is 4.19. The second-order valence-electron chi connectivity index (χ2n) is 8.79. The van der Waals surface area contributed by atoms with Crippen molar-refractivity contribution < 1.29 is 24.2 Å². The molecule has 0 bridgehead atoms. The average Bonchev–Trinajstić information content (AvgIpc) is 3.14. The van der Waals surface area contributed by atoms with E-state index in [0.717, 1.165) is 35.1 Å². The summed E-state index contributed by atoms with van der Waals surface area (Å²) in [5.74, 6) is -1.82. The lowest BCUT2D eigenvalue weighted by atomic mass is 9.98. The number of nitrogens with one attached hydrogen (secondary N) is 2. The molecule has 0 spiro atoms. The van der Waals surface area contributed by atoms with Crippen molar-refractivity contribution in [3.05, 3.63) is 59.7 Å². The van der Waals surface area contributed by atoms with E-state index in [1.165, 1.54) is 0 Å². The van der Waals surface area contributed by atoms with Crippen molar-refractivity contribution >= 4 is 18.0 Å². The number of carboxylic acid groups (broad SMARTS) is 1. The van der Waals surface area contributed by atoms with Gasteiger partial charge in [-0.15, -0.1) is 0 Å². The fourth-order valence-electron chi connectivity index (χ4n) is 4.57. The summed E-state index contributed by atoms with van der Waals surface area (Å²) >= 11 is 0. The molecular weight excluding hydrogens is 432 g/mol. The molecule has 0 fully saturated rings. The van der Waals surface area contributed by atoms with Crippen LogP contribution in [-0.2, 0) is 14.3 Å². The van der Waals surface area contributed by atoms with Gasteiger partial charge in [-0.2, -0.15) is 0 Å². The molecule has 0 heterocycles. The van der Waals surface area contributed by atoms with Gasteiger partial charge in [0.05, 0.1) is 5.92 Å². The van der Waals surface area contributed by atoms with Crippen molar-refractivity contribution in [2.75, 3.05) is 13.2 Å². The van der Waals surface area contributed by atoms with Crippen molar-refractivity contribution in [1.29, 1.82) is 0 Å². The third kappa shape index (κ3) is 6.37. The van der Waals surface area contributed by atoms with Crippen molar-refractivity contribution in [2.24, 2.45) is 5.92 Å². The Labute approximate surface area is 200 Å². The predicted molar refractivity (Wildman–Crippen MR) is 131 cm³/mol. The molecule has 2 unspecified atom stereocenters. The summed E-state index contributed by atoms with van der Waals surface area (Å²) in [5, 5.41) is 14.8. The van der Waals surface area contributed by atoms with E-state index in [4.69, 9.17) is 4.74 Å². The van der Waals surface area contributed by atoms with Gasteiger partial charge >= 0.3 is 12.1 Å². The van der Waals surface area contributed by atoms with E-state index in [0.29, 0.717) is 12.8 Å². The molecule has 7 nitrogen and oxygen atoms in total. The number of hydrogen-bond acceptors (Lipinski definition) is 4. The molecule has 0 aliphatic heterocycles. The first-order valence-corrected chi connectivity index (χ1v) is 12.1.